The molecule has 0 saturated heterocycles. The molecule has 2 heterocycles. The number of allylic oxidation sites excluding steroid dienone is 1. The third-order valence-corrected chi connectivity index (χ3v) is 3.44. The first-order valence-corrected chi connectivity index (χ1v) is 6.38. The first-order chi connectivity index (χ1) is 9.15. The third kappa shape index (κ3) is 2.75. The fourth-order valence-corrected chi connectivity index (χ4v) is 2.31. The van der Waals surface area contributed by atoms with Gasteiger partial charge in [-0.2, -0.15) is 5.26 Å². The van der Waals surface area contributed by atoms with Gasteiger partial charge >= 0.3 is 5.97 Å². The molecule has 0 aliphatic carbocycles. The molecule has 0 fully saturated rings. The van der Waals surface area contributed by atoms with Crippen LogP contribution in [0.15, 0.2) is 28.0 Å². The molecule has 0 unspecified atom stereocenters. The van der Waals surface area contributed by atoms with Crippen LogP contribution in [0.1, 0.15) is 26.8 Å². The highest BCUT2D eigenvalue weighted by Gasteiger charge is 2.15. The second-order valence-electron chi connectivity index (χ2n) is 3.76. The summed E-state index contributed by atoms with van der Waals surface area (Å²) < 4.78 is 10.1. The van der Waals surface area contributed by atoms with Gasteiger partial charge in [-0.1, -0.05) is 6.07 Å². The fourth-order valence-electron chi connectivity index (χ4n) is 1.62. The molecule has 5 heteroatoms. The summed E-state index contributed by atoms with van der Waals surface area (Å²) >= 11 is 1.47. The normalized spacial score (nSPS) is 11.1. The van der Waals surface area contributed by atoms with Gasteiger partial charge in [0.1, 0.15) is 23.2 Å². The lowest BCUT2D eigenvalue weighted by molar-refractivity contribution is 0.0599. The molecule has 0 amide bonds. The van der Waals surface area contributed by atoms with Gasteiger partial charge in [0, 0.05) is 4.88 Å². The Hall–Kier alpha value is -2.32. The molecule has 0 aliphatic heterocycles. The number of rotatable bonds is 3. The smallest absolute Gasteiger partial charge is 0.341 e. The molecule has 0 bridgehead atoms. The zero-order valence-electron chi connectivity index (χ0n) is 10.5. The van der Waals surface area contributed by atoms with Gasteiger partial charge in [0.2, 0.25) is 0 Å². The number of hydrogen-bond acceptors (Lipinski definition) is 5. The van der Waals surface area contributed by atoms with Crippen molar-refractivity contribution >= 4 is 29.0 Å². The maximum Gasteiger partial charge on any atom is 0.341 e. The van der Waals surface area contributed by atoms with E-state index < -0.39 is 5.97 Å². The number of thiophene rings is 1. The van der Waals surface area contributed by atoms with Crippen LogP contribution < -0.4 is 0 Å². The molecular formula is C14H11NO3S. The van der Waals surface area contributed by atoms with Gasteiger partial charge in [-0.25, -0.2) is 4.79 Å². The molecule has 0 aliphatic rings. The number of carbonyl (C=O) groups excluding carboxylic acids is 1. The number of hydrogen-bond donors (Lipinski definition) is 0. The lowest BCUT2D eigenvalue weighted by Crippen LogP contribution is -2.00. The molecule has 0 radical (unpaired) electrons. The Morgan fingerprint density at radius 2 is 2.37 bits per heavy atom. The van der Waals surface area contributed by atoms with E-state index in [4.69, 9.17) is 9.68 Å². The Balaban J connectivity index is 2.38. The van der Waals surface area contributed by atoms with Crippen LogP contribution in [-0.4, -0.2) is 13.1 Å². The van der Waals surface area contributed by atoms with Crippen molar-refractivity contribution in [3.05, 3.63) is 45.5 Å². The Bertz CT molecular complexity index is 659. The maximum atomic E-state index is 11.5. The molecule has 0 atom stereocenters. The first-order valence-electron chi connectivity index (χ1n) is 5.50. The van der Waals surface area contributed by atoms with Gasteiger partial charge in [0.15, 0.2) is 0 Å². The Labute approximate surface area is 114 Å². The second kappa shape index (κ2) is 5.55. The quantitative estimate of drug-likeness (QED) is 0.634. The molecule has 19 heavy (non-hydrogen) atoms. The van der Waals surface area contributed by atoms with Crippen LogP contribution in [0.2, 0.25) is 0 Å². The molecule has 4 nitrogen and oxygen atoms in total. The summed E-state index contributed by atoms with van der Waals surface area (Å²) in [6, 6.07) is 7.43. The van der Waals surface area contributed by atoms with Crippen LogP contribution >= 0.6 is 11.3 Å². The first kappa shape index (κ1) is 13.1. The summed E-state index contributed by atoms with van der Waals surface area (Å²) in [7, 11) is 1.32. The lowest BCUT2D eigenvalue weighted by Gasteiger charge is -1.93. The van der Waals surface area contributed by atoms with Crippen molar-refractivity contribution in [2.75, 3.05) is 7.11 Å². The van der Waals surface area contributed by atoms with Crippen molar-refractivity contribution in [3.63, 3.8) is 0 Å². The number of nitriles is 1. The van der Waals surface area contributed by atoms with Gasteiger partial charge in [-0.05, 0) is 30.5 Å². The number of aryl methyl sites for hydroxylation is 1. The topological polar surface area (TPSA) is 63.2 Å². The average Bonchev–Trinajstić information content (AvgIpc) is 3.04. The van der Waals surface area contributed by atoms with Crippen molar-refractivity contribution in [2.45, 2.75) is 6.92 Å². The Morgan fingerprint density at radius 1 is 1.58 bits per heavy atom. The highest BCUT2D eigenvalue weighted by Crippen LogP contribution is 2.24. The highest BCUT2D eigenvalue weighted by molar-refractivity contribution is 7.11. The largest absolute Gasteiger partial charge is 0.465 e. The zero-order valence-corrected chi connectivity index (χ0v) is 11.3. The standard InChI is InChI=1S/C14H11NO3S/c1-9-12(14(16)17-2)7-11(18-9)6-10(8-15)13-4-3-5-19-13/h3-7H,1-2H3. The van der Waals surface area contributed by atoms with Crippen LogP contribution in [0.4, 0.5) is 0 Å². The van der Waals surface area contributed by atoms with Crippen LogP contribution in [0.25, 0.3) is 11.6 Å². The molecule has 0 aromatic carbocycles. The van der Waals surface area contributed by atoms with E-state index in [1.54, 1.807) is 19.1 Å². The predicted molar refractivity (Wildman–Crippen MR) is 72.6 cm³/mol. The molecule has 0 saturated carbocycles. The van der Waals surface area contributed by atoms with Crippen molar-refractivity contribution in [1.29, 1.82) is 5.26 Å². The Morgan fingerprint density at radius 3 is 2.95 bits per heavy atom. The van der Waals surface area contributed by atoms with E-state index in [9.17, 15) is 4.79 Å². The van der Waals surface area contributed by atoms with Crippen LogP contribution in [0.5, 0.6) is 0 Å². The molecule has 2 rings (SSSR count). The molecule has 96 valence electrons. The summed E-state index contributed by atoms with van der Waals surface area (Å²) in [5.74, 6) is 0.486. The summed E-state index contributed by atoms with van der Waals surface area (Å²) in [6.45, 7) is 1.68. The van der Waals surface area contributed by atoms with E-state index in [0.717, 1.165) is 4.88 Å². The van der Waals surface area contributed by atoms with Crippen LogP contribution in [0.3, 0.4) is 0 Å². The number of esters is 1. The van der Waals surface area contributed by atoms with Gasteiger partial charge in [-0.3, -0.25) is 0 Å². The summed E-state index contributed by atoms with van der Waals surface area (Å²) in [5.41, 5.74) is 0.873. The fraction of sp³-hybridized carbons (Fsp3) is 0.143. The van der Waals surface area contributed by atoms with E-state index in [1.165, 1.54) is 18.4 Å². The molecular weight excluding hydrogens is 262 g/mol. The molecule has 2 aromatic rings. The SMILES string of the molecule is COC(=O)c1cc(C=C(C#N)c2cccs2)oc1C. The van der Waals surface area contributed by atoms with Crippen molar-refractivity contribution < 1.29 is 13.9 Å². The molecule has 2 aromatic heterocycles. The van der Waals surface area contributed by atoms with E-state index in [1.807, 2.05) is 17.5 Å². The Kier molecular flexibility index (Phi) is 3.83. The third-order valence-electron chi connectivity index (χ3n) is 2.54. The summed E-state index contributed by atoms with van der Waals surface area (Å²) in [4.78, 5) is 12.3. The lowest BCUT2D eigenvalue weighted by atomic mass is 10.2. The minimum Gasteiger partial charge on any atom is -0.465 e. The predicted octanol–water partition coefficient (Wildman–Crippen LogP) is 3.50. The minimum absolute atomic E-state index is 0.372. The van der Waals surface area contributed by atoms with Crippen molar-refractivity contribution in [3.8, 4) is 6.07 Å². The second-order valence-corrected chi connectivity index (χ2v) is 4.71. The number of methoxy groups -OCH3 is 1. The van der Waals surface area contributed by atoms with E-state index in [2.05, 4.69) is 10.8 Å². The number of nitrogens with zero attached hydrogens (tertiary/aromatic N) is 1. The average molecular weight is 273 g/mol. The summed E-state index contributed by atoms with van der Waals surface area (Å²) in [5, 5.41) is 11.0. The van der Waals surface area contributed by atoms with Gasteiger partial charge in [-0.15, -0.1) is 11.3 Å². The molecule has 0 N–H and O–H groups in total. The van der Waals surface area contributed by atoms with Gasteiger partial charge in [0.25, 0.3) is 0 Å². The van der Waals surface area contributed by atoms with Crippen molar-refractivity contribution in [2.24, 2.45) is 0 Å². The van der Waals surface area contributed by atoms with Crippen LogP contribution in [0, 0.1) is 18.3 Å². The summed E-state index contributed by atoms with van der Waals surface area (Å²) in [6.07, 6.45) is 1.62. The van der Waals surface area contributed by atoms with Gasteiger partial charge in [0.05, 0.1) is 12.7 Å². The van der Waals surface area contributed by atoms with Crippen molar-refractivity contribution in [1.82, 2.24) is 0 Å². The number of ether oxygens (including phenoxy) is 1. The van der Waals surface area contributed by atoms with E-state index in [0.29, 0.717) is 22.7 Å². The van der Waals surface area contributed by atoms with E-state index in [-0.39, 0.29) is 0 Å². The monoisotopic (exact) mass is 273 g/mol. The zero-order chi connectivity index (χ0) is 13.8. The van der Waals surface area contributed by atoms with E-state index >= 15 is 0 Å². The van der Waals surface area contributed by atoms with Crippen LogP contribution in [-0.2, 0) is 4.74 Å². The highest BCUT2D eigenvalue weighted by atomic mass is 32.1. The minimum atomic E-state index is -0.449. The molecule has 0 spiro atoms. The number of furan rings is 1. The number of carbonyl (C=O) groups is 1. The maximum absolute atomic E-state index is 11.5. The van der Waals surface area contributed by atoms with Gasteiger partial charge < -0.3 is 9.15 Å².